The van der Waals surface area contributed by atoms with Gasteiger partial charge in [-0.05, 0) is 34.7 Å². The van der Waals surface area contributed by atoms with E-state index in [1.54, 1.807) is 11.3 Å². The van der Waals surface area contributed by atoms with Gasteiger partial charge in [0.05, 0.1) is 0 Å². The number of hydrogen-bond donors (Lipinski definition) is 0. The van der Waals surface area contributed by atoms with E-state index in [4.69, 9.17) is 0 Å². The number of benzene rings is 2. The van der Waals surface area contributed by atoms with E-state index < -0.39 is 0 Å². The zero-order valence-electron chi connectivity index (χ0n) is 10.7. The van der Waals surface area contributed by atoms with E-state index in [0.717, 1.165) is 15.8 Å². The molecule has 0 aliphatic rings. The maximum absolute atomic E-state index is 12.4. The highest BCUT2D eigenvalue weighted by atomic mass is 32.1. The van der Waals surface area contributed by atoms with Crippen LogP contribution in [0.4, 0.5) is 0 Å². The van der Waals surface area contributed by atoms with E-state index in [2.05, 4.69) is 13.0 Å². The van der Waals surface area contributed by atoms with E-state index in [0.29, 0.717) is 6.42 Å². The van der Waals surface area contributed by atoms with Crippen molar-refractivity contribution in [3.05, 3.63) is 69.9 Å². The molecule has 3 aromatic rings. The summed E-state index contributed by atoms with van der Waals surface area (Å²) in [4.78, 5) is 13.6. The molecule has 3 rings (SSSR count). The molecule has 0 spiro atoms. The van der Waals surface area contributed by atoms with Crippen LogP contribution in [0.2, 0.25) is 0 Å². The summed E-state index contributed by atoms with van der Waals surface area (Å²) in [5.41, 5.74) is 2.04. The van der Waals surface area contributed by atoms with Crippen LogP contribution in [-0.4, -0.2) is 5.78 Å². The first-order valence-corrected chi connectivity index (χ1v) is 7.17. The van der Waals surface area contributed by atoms with Gasteiger partial charge >= 0.3 is 0 Å². The molecule has 19 heavy (non-hydrogen) atoms. The fourth-order valence-corrected chi connectivity index (χ4v) is 3.06. The van der Waals surface area contributed by atoms with Crippen LogP contribution in [0.15, 0.2) is 53.9 Å². The summed E-state index contributed by atoms with van der Waals surface area (Å²) in [7, 11) is 0. The van der Waals surface area contributed by atoms with E-state index >= 15 is 0 Å². The van der Waals surface area contributed by atoms with Crippen molar-refractivity contribution in [3.63, 3.8) is 0 Å². The predicted molar refractivity (Wildman–Crippen MR) is 81.0 cm³/mol. The number of rotatable bonds is 3. The average Bonchev–Trinajstić information content (AvgIpc) is 2.92. The van der Waals surface area contributed by atoms with Crippen LogP contribution in [-0.2, 0) is 6.42 Å². The lowest BCUT2D eigenvalue weighted by molar-refractivity contribution is 0.0995. The number of Topliss-reactive ketones (excluding diaryl/α,β-unsaturated/α-hetero) is 1. The van der Waals surface area contributed by atoms with Crippen molar-refractivity contribution in [3.8, 4) is 0 Å². The zero-order chi connectivity index (χ0) is 13.2. The van der Waals surface area contributed by atoms with Gasteiger partial charge in [0.15, 0.2) is 5.78 Å². The Bertz CT molecular complexity index is 726. The number of thiophene rings is 1. The van der Waals surface area contributed by atoms with Crippen molar-refractivity contribution in [1.82, 2.24) is 0 Å². The molecule has 0 saturated heterocycles. The minimum absolute atomic E-state index is 0.193. The number of carbonyl (C=O) groups is 1. The second-order valence-corrected chi connectivity index (χ2v) is 5.69. The van der Waals surface area contributed by atoms with Gasteiger partial charge in [0, 0.05) is 16.9 Å². The molecule has 0 aliphatic heterocycles. The highest BCUT2D eigenvalue weighted by Gasteiger charge is 2.12. The Balaban J connectivity index is 2.05. The van der Waals surface area contributed by atoms with E-state index in [-0.39, 0.29) is 5.78 Å². The third-order valence-electron chi connectivity index (χ3n) is 3.36. The summed E-state index contributed by atoms with van der Waals surface area (Å²) in [5.74, 6) is 0.193. The van der Waals surface area contributed by atoms with Gasteiger partial charge in [-0.25, -0.2) is 0 Å². The number of ketones is 1. The summed E-state index contributed by atoms with van der Waals surface area (Å²) in [5, 5.41) is 4.24. The second kappa shape index (κ2) is 4.98. The number of aryl methyl sites for hydroxylation is 1. The van der Waals surface area contributed by atoms with Gasteiger partial charge in [-0.2, -0.15) is 0 Å². The predicted octanol–water partition coefficient (Wildman–Crippen LogP) is 4.64. The minimum atomic E-state index is 0.193. The van der Waals surface area contributed by atoms with Gasteiger partial charge in [-0.15, -0.1) is 11.3 Å². The van der Waals surface area contributed by atoms with Crippen molar-refractivity contribution >= 4 is 27.9 Å². The lowest BCUT2D eigenvalue weighted by Gasteiger charge is -2.07. The molecule has 0 saturated carbocycles. The third-order valence-corrected chi connectivity index (χ3v) is 4.23. The molecule has 1 aromatic heterocycles. The van der Waals surface area contributed by atoms with Crippen molar-refractivity contribution in [2.45, 2.75) is 13.3 Å². The molecule has 1 nitrogen and oxygen atoms in total. The molecule has 1 heterocycles. The Kier molecular flexibility index (Phi) is 3.18. The highest BCUT2D eigenvalue weighted by molar-refractivity contribution is 7.10. The van der Waals surface area contributed by atoms with Gasteiger partial charge in [-0.3, -0.25) is 4.79 Å². The molecule has 0 radical (unpaired) electrons. The molecule has 0 aliphatic carbocycles. The van der Waals surface area contributed by atoms with Gasteiger partial charge < -0.3 is 0 Å². The first kappa shape index (κ1) is 12.1. The van der Waals surface area contributed by atoms with Crippen LogP contribution >= 0.6 is 11.3 Å². The zero-order valence-corrected chi connectivity index (χ0v) is 11.5. The van der Waals surface area contributed by atoms with Gasteiger partial charge in [0.1, 0.15) is 0 Å². The van der Waals surface area contributed by atoms with Crippen LogP contribution in [0, 0.1) is 6.92 Å². The summed E-state index contributed by atoms with van der Waals surface area (Å²) in [6, 6.07) is 16.1. The van der Waals surface area contributed by atoms with Crippen LogP contribution in [0.5, 0.6) is 0 Å². The van der Waals surface area contributed by atoms with Gasteiger partial charge in [0.2, 0.25) is 0 Å². The van der Waals surface area contributed by atoms with Crippen LogP contribution in [0.25, 0.3) is 10.8 Å². The Morgan fingerprint density at radius 3 is 2.53 bits per heavy atom. The molecule has 2 heteroatoms. The fraction of sp³-hybridized carbons (Fsp3) is 0.118. The first-order valence-electron chi connectivity index (χ1n) is 6.29. The molecule has 0 fully saturated rings. The molecule has 0 unspecified atom stereocenters. The Labute approximate surface area is 116 Å². The summed E-state index contributed by atoms with van der Waals surface area (Å²) in [6.07, 6.45) is 0.491. The molecule has 94 valence electrons. The normalized spacial score (nSPS) is 10.8. The largest absolute Gasteiger partial charge is 0.294 e. The van der Waals surface area contributed by atoms with Crippen molar-refractivity contribution in [2.24, 2.45) is 0 Å². The molecule has 0 N–H and O–H groups in total. The molecule has 0 amide bonds. The lowest BCUT2D eigenvalue weighted by Crippen LogP contribution is -2.03. The smallest absolute Gasteiger partial charge is 0.168 e. The maximum atomic E-state index is 12.4. The number of fused-ring (bicyclic) bond motifs is 1. The quantitative estimate of drug-likeness (QED) is 0.631. The first-order chi connectivity index (χ1) is 9.25. The molecule has 0 bridgehead atoms. The van der Waals surface area contributed by atoms with Crippen molar-refractivity contribution in [2.75, 3.05) is 0 Å². The topological polar surface area (TPSA) is 17.1 Å². The molecular formula is C17H14OS. The van der Waals surface area contributed by atoms with Crippen molar-refractivity contribution < 1.29 is 4.79 Å². The standard InChI is InChI=1S/C17H14OS/c1-12-8-9-16(15-7-3-2-6-14(12)15)17(18)11-13-5-4-10-19-13/h2-10H,11H2,1H3. The van der Waals surface area contributed by atoms with E-state index in [1.807, 2.05) is 47.8 Å². The Morgan fingerprint density at radius 1 is 1.00 bits per heavy atom. The number of hydrogen-bond acceptors (Lipinski definition) is 2. The van der Waals surface area contributed by atoms with Crippen LogP contribution in [0.3, 0.4) is 0 Å². The van der Waals surface area contributed by atoms with Crippen LogP contribution < -0.4 is 0 Å². The molecular weight excluding hydrogens is 252 g/mol. The average molecular weight is 266 g/mol. The third kappa shape index (κ3) is 2.32. The highest BCUT2D eigenvalue weighted by Crippen LogP contribution is 2.24. The van der Waals surface area contributed by atoms with Gasteiger partial charge in [0.25, 0.3) is 0 Å². The van der Waals surface area contributed by atoms with Crippen molar-refractivity contribution in [1.29, 1.82) is 0 Å². The van der Waals surface area contributed by atoms with Crippen LogP contribution in [0.1, 0.15) is 20.8 Å². The minimum Gasteiger partial charge on any atom is -0.294 e. The summed E-state index contributed by atoms with van der Waals surface area (Å²) >= 11 is 1.63. The Morgan fingerprint density at radius 2 is 1.79 bits per heavy atom. The van der Waals surface area contributed by atoms with E-state index in [9.17, 15) is 4.79 Å². The monoisotopic (exact) mass is 266 g/mol. The summed E-state index contributed by atoms with van der Waals surface area (Å²) in [6.45, 7) is 2.08. The lowest BCUT2D eigenvalue weighted by atomic mass is 9.96. The number of carbonyl (C=O) groups excluding carboxylic acids is 1. The van der Waals surface area contributed by atoms with E-state index in [1.165, 1.54) is 10.9 Å². The maximum Gasteiger partial charge on any atom is 0.168 e. The summed E-state index contributed by atoms with van der Waals surface area (Å²) < 4.78 is 0. The molecule has 2 aromatic carbocycles. The SMILES string of the molecule is Cc1ccc(C(=O)Cc2cccs2)c2ccccc12. The Hall–Kier alpha value is -1.93. The molecule has 0 atom stereocenters. The van der Waals surface area contributed by atoms with Gasteiger partial charge in [-0.1, -0.05) is 42.5 Å². The second-order valence-electron chi connectivity index (χ2n) is 4.65. The fourth-order valence-electron chi connectivity index (χ4n) is 2.36.